The van der Waals surface area contributed by atoms with Gasteiger partial charge in [-0.1, -0.05) is 6.07 Å². The first-order valence-corrected chi connectivity index (χ1v) is 5.23. The normalized spacial score (nSPS) is 10.3. The van der Waals surface area contributed by atoms with Gasteiger partial charge >= 0.3 is 0 Å². The van der Waals surface area contributed by atoms with Gasteiger partial charge in [0.2, 0.25) is 0 Å². The van der Waals surface area contributed by atoms with Gasteiger partial charge in [0.25, 0.3) is 0 Å². The number of benzene rings is 1. The van der Waals surface area contributed by atoms with Crippen LogP contribution in [0.25, 0.3) is 10.9 Å². The number of nitrogens with zero attached hydrogens (tertiary/aromatic N) is 1. The van der Waals surface area contributed by atoms with Crippen molar-refractivity contribution in [3.8, 4) is 5.75 Å². The Morgan fingerprint density at radius 2 is 2.25 bits per heavy atom. The first-order chi connectivity index (χ1) is 7.75. The number of carbonyl (C=O) groups is 1. The number of Topliss-reactive ketones (excluding diaryl/α,β-unsaturated/α-hetero) is 1. The smallest absolute Gasteiger partial charge is 0.133 e. The highest BCUT2D eigenvalue weighted by Gasteiger charge is 1.98. The molecule has 0 spiro atoms. The highest BCUT2D eigenvalue weighted by atomic mass is 16.5. The molecule has 2 aromatic rings. The van der Waals surface area contributed by atoms with E-state index in [4.69, 9.17) is 4.74 Å². The highest BCUT2D eigenvalue weighted by Crippen LogP contribution is 2.18. The van der Waals surface area contributed by atoms with Crippen molar-refractivity contribution in [1.82, 2.24) is 4.98 Å². The Morgan fingerprint density at radius 3 is 3.06 bits per heavy atom. The molecule has 0 unspecified atom stereocenters. The molecular weight excluding hydrogens is 202 g/mol. The van der Waals surface area contributed by atoms with Gasteiger partial charge in [0.15, 0.2) is 0 Å². The second-order valence-electron chi connectivity index (χ2n) is 3.66. The molecule has 1 aromatic carbocycles. The van der Waals surface area contributed by atoms with Crippen LogP contribution in [-0.2, 0) is 4.79 Å². The summed E-state index contributed by atoms with van der Waals surface area (Å²) in [5.41, 5.74) is 0.946. The molecule has 0 atom stereocenters. The third-order valence-corrected chi connectivity index (χ3v) is 2.30. The maximum Gasteiger partial charge on any atom is 0.133 e. The minimum atomic E-state index is 0.141. The molecule has 1 heterocycles. The molecular formula is C13H13NO2. The number of ether oxygens (including phenoxy) is 1. The molecule has 16 heavy (non-hydrogen) atoms. The van der Waals surface area contributed by atoms with Gasteiger partial charge in [-0.05, 0) is 31.2 Å². The zero-order valence-electron chi connectivity index (χ0n) is 9.14. The summed E-state index contributed by atoms with van der Waals surface area (Å²) < 4.78 is 5.48. The topological polar surface area (TPSA) is 39.2 Å². The van der Waals surface area contributed by atoms with Gasteiger partial charge < -0.3 is 4.74 Å². The average molecular weight is 215 g/mol. The molecule has 0 bridgehead atoms. The molecule has 0 aliphatic heterocycles. The van der Waals surface area contributed by atoms with Gasteiger partial charge in [-0.2, -0.15) is 0 Å². The summed E-state index contributed by atoms with van der Waals surface area (Å²) in [6.07, 6.45) is 2.21. The van der Waals surface area contributed by atoms with Crippen LogP contribution < -0.4 is 4.74 Å². The van der Waals surface area contributed by atoms with Crippen LogP contribution in [0.15, 0.2) is 36.5 Å². The van der Waals surface area contributed by atoms with Crippen molar-refractivity contribution in [3.05, 3.63) is 36.5 Å². The molecule has 0 radical (unpaired) electrons. The van der Waals surface area contributed by atoms with E-state index in [0.29, 0.717) is 13.0 Å². The van der Waals surface area contributed by atoms with E-state index in [1.54, 1.807) is 13.1 Å². The first kappa shape index (κ1) is 10.6. The van der Waals surface area contributed by atoms with Crippen LogP contribution in [0.3, 0.4) is 0 Å². The minimum absolute atomic E-state index is 0.141. The predicted molar refractivity (Wildman–Crippen MR) is 62.5 cm³/mol. The molecule has 0 N–H and O–H groups in total. The van der Waals surface area contributed by atoms with E-state index in [9.17, 15) is 4.79 Å². The number of carbonyl (C=O) groups excluding carboxylic acids is 1. The third-order valence-electron chi connectivity index (χ3n) is 2.30. The lowest BCUT2D eigenvalue weighted by Crippen LogP contribution is -2.02. The summed E-state index contributed by atoms with van der Waals surface area (Å²) in [4.78, 5) is 15.0. The van der Waals surface area contributed by atoms with Crippen LogP contribution in [0.4, 0.5) is 0 Å². The first-order valence-electron chi connectivity index (χ1n) is 5.23. The minimum Gasteiger partial charge on any atom is -0.493 e. The van der Waals surface area contributed by atoms with Crippen LogP contribution in [0.1, 0.15) is 13.3 Å². The lowest BCUT2D eigenvalue weighted by molar-refractivity contribution is -0.117. The maximum atomic E-state index is 10.8. The van der Waals surface area contributed by atoms with Gasteiger partial charge in [0, 0.05) is 18.0 Å². The Balaban J connectivity index is 2.10. The molecule has 0 aliphatic rings. The van der Waals surface area contributed by atoms with Crippen LogP contribution in [0.5, 0.6) is 5.75 Å². The van der Waals surface area contributed by atoms with Gasteiger partial charge in [0.1, 0.15) is 11.5 Å². The van der Waals surface area contributed by atoms with Crippen LogP contribution >= 0.6 is 0 Å². The van der Waals surface area contributed by atoms with E-state index < -0.39 is 0 Å². The quantitative estimate of drug-likeness (QED) is 0.786. The fourth-order valence-corrected chi connectivity index (χ4v) is 1.46. The molecule has 1 aromatic heterocycles. The summed E-state index contributed by atoms with van der Waals surface area (Å²) in [6, 6.07) is 9.60. The summed E-state index contributed by atoms with van der Waals surface area (Å²) in [5.74, 6) is 0.921. The van der Waals surface area contributed by atoms with E-state index >= 15 is 0 Å². The van der Waals surface area contributed by atoms with Gasteiger partial charge in [-0.3, -0.25) is 9.78 Å². The Kier molecular flexibility index (Phi) is 3.15. The Morgan fingerprint density at radius 1 is 1.38 bits per heavy atom. The number of rotatable bonds is 4. The van der Waals surface area contributed by atoms with Gasteiger partial charge in [0.05, 0.1) is 12.1 Å². The second kappa shape index (κ2) is 4.75. The van der Waals surface area contributed by atoms with E-state index in [2.05, 4.69) is 4.98 Å². The van der Waals surface area contributed by atoms with Crippen molar-refractivity contribution in [1.29, 1.82) is 0 Å². The fraction of sp³-hybridized carbons (Fsp3) is 0.231. The van der Waals surface area contributed by atoms with Crippen molar-refractivity contribution in [2.24, 2.45) is 0 Å². The molecule has 0 amide bonds. The molecule has 3 nitrogen and oxygen atoms in total. The molecule has 82 valence electrons. The van der Waals surface area contributed by atoms with E-state index in [-0.39, 0.29) is 5.78 Å². The summed E-state index contributed by atoms with van der Waals surface area (Å²) >= 11 is 0. The Hall–Kier alpha value is -1.90. The van der Waals surface area contributed by atoms with Crippen molar-refractivity contribution >= 4 is 16.7 Å². The fourth-order valence-electron chi connectivity index (χ4n) is 1.46. The average Bonchev–Trinajstić information content (AvgIpc) is 2.28. The zero-order valence-corrected chi connectivity index (χ0v) is 9.14. The van der Waals surface area contributed by atoms with Crippen molar-refractivity contribution in [2.45, 2.75) is 13.3 Å². The molecule has 0 saturated carbocycles. The monoisotopic (exact) mass is 215 g/mol. The zero-order chi connectivity index (χ0) is 11.4. The van der Waals surface area contributed by atoms with Gasteiger partial charge in [-0.15, -0.1) is 0 Å². The van der Waals surface area contributed by atoms with E-state index in [0.717, 1.165) is 16.7 Å². The summed E-state index contributed by atoms with van der Waals surface area (Å²) in [6.45, 7) is 1.99. The van der Waals surface area contributed by atoms with Crippen molar-refractivity contribution < 1.29 is 9.53 Å². The summed E-state index contributed by atoms with van der Waals surface area (Å²) in [5, 5.41) is 1.04. The van der Waals surface area contributed by atoms with Gasteiger partial charge in [-0.25, -0.2) is 0 Å². The molecule has 0 saturated heterocycles. The van der Waals surface area contributed by atoms with Crippen molar-refractivity contribution in [2.75, 3.05) is 6.61 Å². The van der Waals surface area contributed by atoms with Crippen LogP contribution in [-0.4, -0.2) is 17.4 Å². The lowest BCUT2D eigenvalue weighted by Gasteiger charge is -2.05. The number of pyridine rings is 1. The van der Waals surface area contributed by atoms with Crippen LogP contribution in [0, 0.1) is 0 Å². The summed E-state index contributed by atoms with van der Waals surface area (Å²) in [7, 11) is 0. The van der Waals surface area contributed by atoms with Crippen LogP contribution in [0.2, 0.25) is 0 Å². The number of hydrogen-bond donors (Lipinski definition) is 0. The Labute approximate surface area is 94.1 Å². The number of fused-ring (bicyclic) bond motifs is 1. The second-order valence-corrected chi connectivity index (χ2v) is 3.66. The SMILES string of the molecule is CC(=O)CCOc1ccc2ncccc2c1. The number of aromatic nitrogens is 1. The number of hydrogen-bond acceptors (Lipinski definition) is 3. The largest absolute Gasteiger partial charge is 0.493 e. The van der Waals surface area contributed by atoms with E-state index in [1.165, 1.54) is 0 Å². The number of ketones is 1. The van der Waals surface area contributed by atoms with Crippen molar-refractivity contribution in [3.63, 3.8) is 0 Å². The molecule has 0 aliphatic carbocycles. The van der Waals surface area contributed by atoms with E-state index in [1.807, 2.05) is 30.3 Å². The standard InChI is InChI=1S/C13H13NO2/c1-10(15)6-8-16-12-4-5-13-11(9-12)3-2-7-14-13/h2-5,7,9H,6,8H2,1H3. The molecule has 0 fully saturated rings. The molecule has 3 heteroatoms. The molecule has 2 rings (SSSR count). The lowest BCUT2D eigenvalue weighted by atomic mass is 10.2. The Bertz CT molecular complexity index is 508. The third kappa shape index (κ3) is 2.57. The highest BCUT2D eigenvalue weighted by molar-refractivity contribution is 5.79. The predicted octanol–water partition coefficient (Wildman–Crippen LogP) is 2.59. The maximum absolute atomic E-state index is 10.8.